The molecule has 0 atom stereocenters. The molecule has 0 bridgehead atoms. The number of halogens is 1. The maximum absolute atomic E-state index is 13.3. The van der Waals surface area contributed by atoms with E-state index in [0.29, 0.717) is 0 Å². The topological polar surface area (TPSA) is 43.4 Å². The predicted molar refractivity (Wildman–Crippen MR) is 67.4 cm³/mol. The lowest BCUT2D eigenvalue weighted by atomic mass is 9.91. The van der Waals surface area contributed by atoms with Crippen LogP contribution in [-0.4, -0.2) is 14.2 Å². The van der Waals surface area contributed by atoms with Gasteiger partial charge in [-0.3, -0.25) is 0 Å². The van der Waals surface area contributed by atoms with Crippen molar-refractivity contribution in [1.82, 2.24) is 0 Å². The van der Waals surface area contributed by atoms with Crippen LogP contribution in [0.25, 0.3) is 0 Å². The summed E-state index contributed by atoms with van der Waals surface area (Å²) < 4.78 is 41.8. The lowest BCUT2D eigenvalue weighted by molar-refractivity contribution is 0.373. The van der Waals surface area contributed by atoms with Crippen LogP contribution in [0.5, 0.6) is 5.75 Å². The van der Waals surface area contributed by atoms with Crippen LogP contribution < -0.4 is 4.18 Å². The Kier molecular flexibility index (Phi) is 4.22. The van der Waals surface area contributed by atoms with Crippen LogP contribution >= 0.6 is 0 Å². The van der Waals surface area contributed by atoms with E-state index in [9.17, 15) is 12.8 Å². The average Bonchev–Trinajstić information content (AvgIpc) is 2.32. The monoisotopic (exact) mass is 272 g/mol. The van der Waals surface area contributed by atoms with Crippen molar-refractivity contribution in [1.29, 1.82) is 0 Å². The molecule has 0 heterocycles. The maximum atomic E-state index is 13.3. The van der Waals surface area contributed by atoms with Gasteiger partial charge in [0, 0.05) is 0 Å². The Morgan fingerprint density at radius 1 is 1.17 bits per heavy atom. The molecule has 0 amide bonds. The van der Waals surface area contributed by atoms with Crippen molar-refractivity contribution in [2.24, 2.45) is 5.92 Å². The first-order chi connectivity index (χ1) is 8.57. The van der Waals surface area contributed by atoms with Crippen molar-refractivity contribution in [2.75, 3.05) is 5.75 Å². The van der Waals surface area contributed by atoms with Crippen LogP contribution in [0.1, 0.15) is 32.1 Å². The number of hydrogen-bond acceptors (Lipinski definition) is 3. The zero-order valence-corrected chi connectivity index (χ0v) is 11.0. The van der Waals surface area contributed by atoms with E-state index in [1.54, 1.807) is 6.07 Å². The Labute approximate surface area is 107 Å². The molecule has 2 rings (SSSR count). The highest BCUT2D eigenvalue weighted by atomic mass is 32.2. The van der Waals surface area contributed by atoms with Gasteiger partial charge >= 0.3 is 10.1 Å². The van der Waals surface area contributed by atoms with Crippen LogP contribution in [0.15, 0.2) is 24.3 Å². The molecule has 1 fully saturated rings. The van der Waals surface area contributed by atoms with Gasteiger partial charge in [-0.2, -0.15) is 8.42 Å². The lowest BCUT2D eigenvalue weighted by Crippen LogP contribution is -2.22. The van der Waals surface area contributed by atoms with E-state index in [1.807, 2.05) is 0 Å². The van der Waals surface area contributed by atoms with Gasteiger partial charge in [0.1, 0.15) is 0 Å². The van der Waals surface area contributed by atoms with Crippen molar-refractivity contribution < 1.29 is 17.0 Å². The number of benzene rings is 1. The van der Waals surface area contributed by atoms with Gasteiger partial charge in [-0.15, -0.1) is 0 Å². The van der Waals surface area contributed by atoms with Gasteiger partial charge in [-0.1, -0.05) is 31.4 Å². The molecule has 18 heavy (non-hydrogen) atoms. The van der Waals surface area contributed by atoms with Crippen molar-refractivity contribution >= 4 is 10.1 Å². The minimum absolute atomic E-state index is 0.0126. The smallest absolute Gasteiger partial charge is 0.309 e. The summed E-state index contributed by atoms with van der Waals surface area (Å²) in [6, 6.07) is 5.56. The highest BCUT2D eigenvalue weighted by molar-refractivity contribution is 7.87. The fourth-order valence-corrected chi connectivity index (χ4v) is 3.71. The Bertz CT molecular complexity index is 493. The lowest BCUT2D eigenvalue weighted by Gasteiger charge is -2.21. The highest BCUT2D eigenvalue weighted by Gasteiger charge is 2.23. The third-order valence-corrected chi connectivity index (χ3v) is 4.53. The molecule has 0 radical (unpaired) electrons. The molecule has 0 N–H and O–H groups in total. The summed E-state index contributed by atoms with van der Waals surface area (Å²) in [4.78, 5) is 0. The first-order valence-electron chi connectivity index (χ1n) is 6.23. The fourth-order valence-electron chi connectivity index (χ4n) is 2.33. The minimum Gasteiger partial charge on any atom is -0.379 e. The normalized spacial score (nSPS) is 17.6. The summed E-state index contributed by atoms with van der Waals surface area (Å²) in [6.07, 6.45) is 5.14. The van der Waals surface area contributed by atoms with E-state index < -0.39 is 15.9 Å². The molecule has 1 saturated carbocycles. The molecular weight excluding hydrogens is 255 g/mol. The first-order valence-corrected chi connectivity index (χ1v) is 7.81. The summed E-state index contributed by atoms with van der Waals surface area (Å²) in [5.41, 5.74) is 0. The van der Waals surface area contributed by atoms with Crippen molar-refractivity contribution in [3.8, 4) is 5.75 Å². The van der Waals surface area contributed by atoms with Gasteiger partial charge in [0.15, 0.2) is 11.6 Å². The summed E-state index contributed by atoms with van der Waals surface area (Å²) in [7, 11) is -3.70. The zero-order chi connectivity index (χ0) is 13.0. The number of para-hydroxylation sites is 1. The molecule has 0 spiro atoms. The third kappa shape index (κ3) is 3.70. The van der Waals surface area contributed by atoms with Gasteiger partial charge < -0.3 is 4.18 Å². The van der Waals surface area contributed by atoms with Crippen LogP contribution in [0.2, 0.25) is 0 Å². The van der Waals surface area contributed by atoms with E-state index in [-0.39, 0.29) is 17.4 Å². The zero-order valence-electron chi connectivity index (χ0n) is 10.1. The molecular formula is C13H17FO3S. The number of hydrogen-bond donors (Lipinski definition) is 0. The summed E-state index contributed by atoms with van der Waals surface area (Å²) in [6.45, 7) is 0. The van der Waals surface area contributed by atoms with Gasteiger partial charge in [-0.05, 0) is 30.9 Å². The van der Waals surface area contributed by atoms with Crippen molar-refractivity contribution in [2.45, 2.75) is 32.1 Å². The molecule has 0 saturated heterocycles. The fraction of sp³-hybridized carbons (Fsp3) is 0.538. The molecule has 1 aromatic carbocycles. The van der Waals surface area contributed by atoms with Crippen LogP contribution in [-0.2, 0) is 10.1 Å². The standard InChI is InChI=1S/C13H17FO3S/c14-12-8-4-5-9-13(12)17-18(15,16)10-11-6-2-1-3-7-11/h4-5,8-9,11H,1-3,6-7,10H2. The van der Waals surface area contributed by atoms with Gasteiger partial charge in [0.05, 0.1) is 5.75 Å². The Balaban J connectivity index is 2.01. The van der Waals surface area contributed by atoms with Crippen LogP contribution in [0, 0.1) is 11.7 Å². The SMILES string of the molecule is O=S(=O)(CC1CCCCC1)Oc1ccccc1F. The second-order valence-electron chi connectivity index (χ2n) is 4.74. The predicted octanol–water partition coefficient (Wildman–Crippen LogP) is 3.11. The summed E-state index contributed by atoms with van der Waals surface area (Å²) in [5.74, 6) is -0.727. The van der Waals surface area contributed by atoms with Crippen molar-refractivity contribution in [3.05, 3.63) is 30.1 Å². The van der Waals surface area contributed by atoms with Gasteiger partial charge in [0.25, 0.3) is 0 Å². The highest BCUT2D eigenvalue weighted by Crippen LogP contribution is 2.26. The molecule has 0 aliphatic heterocycles. The minimum atomic E-state index is -3.70. The molecule has 1 aliphatic carbocycles. The molecule has 1 aliphatic rings. The summed E-state index contributed by atoms with van der Waals surface area (Å²) >= 11 is 0. The maximum Gasteiger partial charge on any atom is 0.309 e. The van der Waals surface area contributed by atoms with E-state index in [4.69, 9.17) is 4.18 Å². The molecule has 5 heteroatoms. The Hall–Kier alpha value is -1.10. The van der Waals surface area contributed by atoms with Gasteiger partial charge in [0.2, 0.25) is 0 Å². The Morgan fingerprint density at radius 3 is 2.50 bits per heavy atom. The first kappa shape index (κ1) is 13.3. The van der Waals surface area contributed by atoms with Crippen molar-refractivity contribution in [3.63, 3.8) is 0 Å². The molecule has 0 unspecified atom stereocenters. The van der Waals surface area contributed by atoms with Gasteiger partial charge in [-0.25, -0.2) is 4.39 Å². The quantitative estimate of drug-likeness (QED) is 0.791. The second kappa shape index (κ2) is 5.69. The molecule has 1 aromatic rings. The van der Waals surface area contributed by atoms with E-state index in [0.717, 1.165) is 25.7 Å². The van der Waals surface area contributed by atoms with Crippen LogP contribution in [0.3, 0.4) is 0 Å². The number of rotatable bonds is 4. The second-order valence-corrected chi connectivity index (χ2v) is 6.36. The largest absolute Gasteiger partial charge is 0.379 e. The Morgan fingerprint density at radius 2 is 1.83 bits per heavy atom. The molecule has 3 nitrogen and oxygen atoms in total. The third-order valence-electron chi connectivity index (χ3n) is 3.22. The van der Waals surface area contributed by atoms with E-state index in [1.165, 1.54) is 24.6 Å². The molecule has 0 aromatic heterocycles. The van der Waals surface area contributed by atoms with Crippen LogP contribution in [0.4, 0.5) is 4.39 Å². The summed E-state index contributed by atoms with van der Waals surface area (Å²) in [5, 5.41) is 0. The van der Waals surface area contributed by atoms with E-state index in [2.05, 4.69) is 0 Å². The average molecular weight is 272 g/mol. The van der Waals surface area contributed by atoms with E-state index >= 15 is 0 Å². The molecule has 100 valence electrons.